The van der Waals surface area contributed by atoms with Crippen LogP contribution in [0, 0.1) is 13.8 Å². The average molecular weight is 1100 g/mol. The van der Waals surface area contributed by atoms with E-state index in [-0.39, 0.29) is 38.7 Å². The molecule has 0 fully saturated rings. The molecule has 0 spiro atoms. The number of hydrogen-bond acceptors (Lipinski definition) is 12. The van der Waals surface area contributed by atoms with Crippen molar-refractivity contribution >= 4 is 33.5 Å². The Morgan fingerprint density at radius 3 is 1.06 bits per heavy atom. The molecule has 0 bridgehead atoms. The van der Waals surface area contributed by atoms with Crippen molar-refractivity contribution in [2.75, 3.05) is 27.2 Å². The first-order valence-electron chi connectivity index (χ1n) is 25.7. The SMILES string of the molecule is C=C(F)C(=O)Oc1ccc(OCOc2ccc(-c3ccc(OCOc4cc(-c5c(OCOc6ccc(-c7ccc(OCOc8ccc(OC(=O)C(=C)F)cc8)cc7)cc6)ccc6cc(C)ccc56)c5ccc(C)cc5c4)cc3)cc2)cc1. The molecule has 10 aromatic rings. The second-order valence-electron chi connectivity index (χ2n) is 18.6. The lowest BCUT2D eigenvalue weighted by Crippen LogP contribution is -2.08. The lowest BCUT2D eigenvalue weighted by molar-refractivity contribution is -0.132. The summed E-state index contributed by atoms with van der Waals surface area (Å²) < 4.78 is 83.6. The van der Waals surface area contributed by atoms with Gasteiger partial charge in [0.2, 0.25) is 38.8 Å². The van der Waals surface area contributed by atoms with Crippen molar-refractivity contribution < 1.29 is 65.7 Å². The highest BCUT2D eigenvalue weighted by atomic mass is 19.1. The number of fused-ring (bicyclic) bond motifs is 2. The lowest BCUT2D eigenvalue weighted by atomic mass is 9.91. The Balaban J connectivity index is 0.750. The van der Waals surface area contributed by atoms with E-state index in [0.717, 1.165) is 66.1 Å². The van der Waals surface area contributed by atoms with E-state index in [1.807, 2.05) is 115 Å². The number of ether oxygens (including phenoxy) is 10. The van der Waals surface area contributed by atoms with Crippen molar-refractivity contribution in [3.8, 4) is 90.9 Å². The summed E-state index contributed by atoms with van der Waals surface area (Å²) in [4.78, 5) is 22.8. The topological polar surface area (TPSA) is 126 Å². The fourth-order valence-corrected chi connectivity index (χ4v) is 8.74. The molecule has 0 aliphatic heterocycles. The number of halogens is 2. The molecule has 10 aromatic carbocycles. The highest BCUT2D eigenvalue weighted by Crippen LogP contribution is 2.43. The van der Waals surface area contributed by atoms with Crippen molar-refractivity contribution in [1.29, 1.82) is 0 Å². The minimum Gasteiger partial charge on any atom is -0.458 e. The van der Waals surface area contributed by atoms with E-state index >= 15 is 0 Å². The van der Waals surface area contributed by atoms with Gasteiger partial charge in [-0.3, -0.25) is 0 Å². The summed E-state index contributed by atoms with van der Waals surface area (Å²) in [6, 6.07) is 63.7. The maximum absolute atomic E-state index is 12.9. The lowest BCUT2D eigenvalue weighted by Gasteiger charge is -2.19. The molecule has 0 saturated carbocycles. The molecule has 0 aromatic heterocycles. The van der Waals surface area contributed by atoms with E-state index < -0.39 is 23.6 Å². The van der Waals surface area contributed by atoms with Crippen LogP contribution in [-0.2, 0) is 9.59 Å². The highest BCUT2D eigenvalue weighted by Gasteiger charge is 2.18. The Hall–Kier alpha value is -10.6. The number of carbonyl (C=O) groups excluding carboxylic acids is 2. The molecule has 10 rings (SSSR count). The largest absolute Gasteiger partial charge is 0.458 e. The predicted molar refractivity (Wildman–Crippen MR) is 309 cm³/mol. The van der Waals surface area contributed by atoms with E-state index in [0.29, 0.717) is 46.0 Å². The van der Waals surface area contributed by atoms with Gasteiger partial charge >= 0.3 is 11.9 Å². The van der Waals surface area contributed by atoms with Crippen molar-refractivity contribution in [3.63, 3.8) is 0 Å². The molecule has 0 aliphatic rings. The first kappa shape index (κ1) is 54.7. The van der Waals surface area contributed by atoms with Crippen LogP contribution in [-0.4, -0.2) is 39.1 Å². The standard InChI is InChI=1S/C68H52F2O12/c1-43-6-33-63-51(35-43)15-34-65(80-42-78-56-22-13-50(14-23-56)48-9-18-54(19-10-48)74-40-76-58-26-30-60(31-27-58)82-68(72)46(4)70)66(63)64-38-61(37-52-36-44(2)5-32-62(52)64)79-41-77-55-20-11-49(12-21-55)47-7-16-53(17-8-47)73-39-75-57-24-28-59(29-25-57)81-67(71)45(3)69/h5-38H,3-4,39-42H2,1-2H3. The van der Waals surface area contributed by atoms with Crippen molar-refractivity contribution in [1.82, 2.24) is 0 Å². The molecular weight excluding hydrogens is 1050 g/mol. The van der Waals surface area contributed by atoms with Gasteiger partial charge in [0, 0.05) is 5.56 Å². The number of esters is 2. The van der Waals surface area contributed by atoms with Crippen LogP contribution in [0.3, 0.4) is 0 Å². The zero-order valence-corrected chi connectivity index (χ0v) is 44.5. The van der Waals surface area contributed by atoms with Crippen molar-refractivity contribution in [2.45, 2.75) is 13.8 Å². The summed E-state index contributed by atoms with van der Waals surface area (Å²) in [5.41, 5.74) is 7.97. The third-order valence-electron chi connectivity index (χ3n) is 12.9. The minimum absolute atomic E-state index is 0.0411. The van der Waals surface area contributed by atoms with Gasteiger partial charge in [0.15, 0.2) is 0 Å². The van der Waals surface area contributed by atoms with Gasteiger partial charge in [0.1, 0.15) is 57.5 Å². The summed E-state index contributed by atoms with van der Waals surface area (Å²) in [6.45, 7) is 9.78. The van der Waals surface area contributed by atoms with Crippen LogP contribution in [0.5, 0.6) is 57.5 Å². The molecule has 0 N–H and O–H groups in total. The van der Waals surface area contributed by atoms with Gasteiger partial charge < -0.3 is 47.4 Å². The van der Waals surface area contributed by atoms with Crippen LogP contribution in [0.15, 0.2) is 231 Å². The van der Waals surface area contributed by atoms with Gasteiger partial charge in [-0.25, -0.2) is 9.59 Å². The van der Waals surface area contributed by atoms with E-state index in [2.05, 4.69) is 69.5 Å². The first-order chi connectivity index (χ1) is 39.9. The Bertz CT molecular complexity index is 3900. The van der Waals surface area contributed by atoms with Crippen LogP contribution in [0.2, 0.25) is 0 Å². The molecule has 0 radical (unpaired) electrons. The number of benzene rings is 10. The monoisotopic (exact) mass is 1100 g/mol. The summed E-state index contributed by atoms with van der Waals surface area (Å²) >= 11 is 0. The maximum Gasteiger partial charge on any atom is 0.371 e. The molecule has 410 valence electrons. The van der Waals surface area contributed by atoms with Gasteiger partial charge in [0.25, 0.3) is 0 Å². The normalized spacial score (nSPS) is 10.8. The van der Waals surface area contributed by atoms with Crippen molar-refractivity contribution in [2.24, 2.45) is 0 Å². The third kappa shape index (κ3) is 14.0. The summed E-state index contributed by atoms with van der Waals surface area (Å²) in [6.07, 6.45) is 0. The van der Waals surface area contributed by atoms with Crippen LogP contribution >= 0.6 is 0 Å². The Kier molecular flexibility index (Phi) is 17.0. The molecule has 0 heterocycles. The minimum atomic E-state index is -1.18. The second-order valence-corrected chi connectivity index (χ2v) is 18.6. The van der Waals surface area contributed by atoms with E-state index in [1.54, 1.807) is 24.3 Å². The molecule has 0 amide bonds. The summed E-state index contributed by atoms with van der Waals surface area (Å²) in [5.74, 6) is 0.340. The zero-order chi connectivity index (χ0) is 57.0. The second kappa shape index (κ2) is 25.5. The molecular formula is C68H52F2O12. The van der Waals surface area contributed by atoms with Crippen LogP contribution in [0.1, 0.15) is 11.1 Å². The van der Waals surface area contributed by atoms with Crippen LogP contribution in [0.4, 0.5) is 8.78 Å². The van der Waals surface area contributed by atoms with Gasteiger partial charge in [-0.15, -0.1) is 0 Å². The molecule has 14 heteroatoms. The molecule has 0 atom stereocenters. The van der Waals surface area contributed by atoms with Gasteiger partial charge in [-0.1, -0.05) is 115 Å². The highest BCUT2D eigenvalue weighted by molar-refractivity contribution is 6.08. The first-order valence-corrected chi connectivity index (χ1v) is 25.7. The third-order valence-corrected chi connectivity index (χ3v) is 12.9. The molecule has 0 aliphatic carbocycles. The summed E-state index contributed by atoms with van der Waals surface area (Å²) in [5, 5.41) is 4.10. The predicted octanol–water partition coefficient (Wildman–Crippen LogP) is 16.0. The molecule has 82 heavy (non-hydrogen) atoms. The molecule has 12 nitrogen and oxygen atoms in total. The van der Waals surface area contributed by atoms with E-state index in [4.69, 9.17) is 47.4 Å². The van der Waals surface area contributed by atoms with Gasteiger partial charge in [0.05, 0.1) is 0 Å². The van der Waals surface area contributed by atoms with Crippen molar-refractivity contribution in [3.05, 3.63) is 242 Å². The van der Waals surface area contributed by atoms with Crippen LogP contribution < -0.4 is 47.4 Å². The number of hydrogen-bond donors (Lipinski definition) is 0. The van der Waals surface area contributed by atoms with E-state index in [1.165, 1.54) is 24.3 Å². The van der Waals surface area contributed by atoms with Gasteiger partial charge in [-0.05, 0) is 178 Å². The maximum atomic E-state index is 12.9. The Labute approximate surface area is 471 Å². The van der Waals surface area contributed by atoms with Gasteiger partial charge in [-0.2, -0.15) is 8.78 Å². The molecule has 0 unspecified atom stereocenters. The zero-order valence-electron chi connectivity index (χ0n) is 44.5. The van der Waals surface area contributed by atoms with E-state index in [9.17, 15) is 18.4 Å². The fraction of sp³-hybridized carbons (Fsp3) is 0.0882. The average Bonchev–Trinajstić information content (AvgIpc) is 2.34. The fourth-order valence-electron chi connectivity index (χ4n) is 8.74. The Morgan fingerprint density at radius 1 is 0.341 bits per heavy atom. The van der Waals surface area contributed by atoms with Crippen LogP contribution in [0.25, 0.3) is 54.9 Å². The molecule has 0 saturated heterocycles. The smallest absolute Gasteiger partial charge is 0.371 e. The number of aryl methyl sites for hydroxylation is 2. The summed E-state index contributed by atoms with van der Waals surface area (Å²) in [7, 11) is 0. The quantitative estimate of drug-likeness (QED) is 0.0262. The number of carbonyl (C=O) groups is 2. The Morgan fingerprint density at radius 2 is 0.671 bits per heavy atom. The number of rotatable bonds is 23.